The Hall–Kier alpha value is -0.890. The van der Waals surface area contributed by atoms with Gasteiger partial charge >= 0.3 is 0 Å². The molecule has 0 N–H and O–H groups in total. The van der Waals surface area contributed by atoms with E-state index in [4.69, 9.17) is 4.74 Å². The van der Waals surface area contributed by atoms with Crippen LogP contribution in [-0.2, 0) is 16.8 Å². The molecule has 0 aliphatic rings. The first kappa shape index (κ1) is 11.2. The Morgan fingerprint density at radius 1 is 1.29 bits per heavy atom. The highest BCUT2D eigenvalue weighted by molar-refractivity contribution is 5.36. The summed E-state index contributed by atoms with van der Waals surface area (Å²) in [5.41, 5.74) is 3.95. The second kappa shape index (κ2) is 4.09. The van der Waals surface area contributed by atoms with Crippen LogP contribution in [0, 0.1) is 6.92 Å². The molecule has 0 aliphatic heterocycles. The third-order valence-corrected chi connectivity index (χ3v) is 2.26. The molecule has 0 spiro atoms. The van der Waals surface area contributed by atoms with Gasteiger partial charge < -0.3 is 4.74 Å². The number of aromatic nitrogens is 1. The van der Waals surface area contributed by atoms with Gasteiger partial charge in [0.25, 0.3) is 0 Å². The molecular weight excluding hydrogens is 174 g/mol. The van der Waals surface area contributed by atoms with E-state index in [1.54, 1.807) is 7.11 Å². The number of ether oxygens (including phenoxy) is 1. The topological polar surface area (TPSA) is 22.1 Å². The standard InChI is InChI=1S/C12H19NO/c1-9-6-13-7-10(8-14-5)11(9)12(2,3)4/h6-7H,8H2,1-5H3. The van der Waals surface area contributed by atoms with E-state index in [0.29, 0.717) is 6.61 Å². The van der Waals surface area contributed by atoms with E-state index in [2.05, 4.69) is 32.7 Å². The van der Waals surface area contributed by atoms with Crippen molar-refractivity contribution in [1.29, 1.82) is 0 Å². The summed E-state index contributed by atoms with van der Waals surface area (Å²) < 4.78 is 5.18. The van der Waals surface area contributed by atoms with Crippen molar-refractivity contribution in [3.63, 3.8) is 0 Å². The number of hydrogen-bond acceptors (Lipinski definition) is 2. The molecule has 78 valence electrons. The molecule has 2 nitrogen and oxygen atoms in total. The summed E-state index contributed by atoms with van der Waals surface area (Å²) in [4.78, 5) is 4.20. The summed E-state index contributed by atoms with van der Waals surface area (Å²) in [6.07, 6.45) is 3.82. The number of pyridine rings is 1. The lowest BCUT2D eigenvalue weighted by Crippen LogP contribution is -2.17. The summed E-state index contributed by atoms with van der Waals surface area (Å²) in [7, 11) is 1.72. The lowest BCUT2D eigenvalue weighted by atomic mass is 9.82. The van der Waals surface area contributed by atoms with Crippen LogP contribution in [-0.4, -0.2) is 12.1 Å². The third-order valence-electron chi connectivity index (χ3n) is 2.26. The van der Waals surface area contributed by atoms with Crippen LogP contribution >= 0.6 is 0 Å². The van der Waals surface area contributed by atoms with Crippen molar-refractivity contribution >= 4 is 0 Å². The Morgan fingerprint density at radius 2 is 1.93 bits per heavy atom. The number of nitrogens with zero attached hydrogens (tertiary/aromatic N) is 1. The van der Waals surface area contributed by atoms with Crippen LogP contribution in [0.3, 0.4) is 0 Å². The van der Waals surface area contributed by atoms with Crippen molar-refractivity contribution < 1.29 is 4.74 Å². The Labute approximate surface area is 86.3 Å². The molecule has 0 aromatic carbocycles. The highest BCUT2D eigenvalue weighted by atomic mass is 16.5. The minimum absolute atomic E-state index is 0.154. The Bertz CT molecular complexity index is 313. The fourth-order valence-corrected chi connectivity index (χ4v) is 1.96. The van der Waals surface area contributed by atoms with Gasteiger partial charge in [-0.05, 0) is 29.0 Å². The smallest absolute Gasteiger partial charge is 0.0731 e. The predicted octanol–water partition coefficient (Wildman–Crippen LogP) is 2.83. The molecular formula is C12H19NO. The van der Waals surface area contributed by atoms with Gasteiger partial charge in [-0.3, -0.25) is 4.98 Å². The fourth-order valence-electron chi connectivity index (χ4n) is 1.96. The van der Waals surface area contributed by atoms with Crippen LogP contribution in [0.4, 0.5) is 0 Å². The largest absolute Gasteiger partial charge is 0.380 e. The van der Waals surface area contributed by atoms with Crippen LogP contribution in [0.15, 0.2) is 12.4 Å². The van der Waals surface area contributed by atoms with Gasteiger partial charge in [-0.1, -0.05) is 20.8 Å². The van der Waals surface area contributed by atoms with E-state index in [1.165, 1.54) is 16.7 Å². The van der Waals surface area contributed by atoms with Crippen LogP contribution in [0.25, 0.3) is 0 Å². The third kappa shape index (κ3) is 2.32. The van der Waals surface area contributed by atoms with E-state index in [0.717, 1.165) is 0 Å². The maximum absolute atomic E-state index is 5.18. The summed E-state index contributed by atoms with van der Waals surface area (Å²) in [6, 6.07) is 0. The van der Waals surface area contributed by atoms with Gasteiger partial charge in [-0.2, -0.15) is 0 Å². The zero-order valence-electron chi connectivity index (χ0n) is 9.72. The zero-order valence-corrected chi connectivity index (χ0v) is 9.72. The Balaban J connectivity index is 3.22. The molecule has 0 fully saturated rings. The van der Waals surface area contributed by atoms with Crippen molar-refractivity contribution in [3.8, 4) is 0 Å². The van der Waals surface area contributed by atoms with Gasteiger partial charge in [0, 0.05) is 19.5 Å². The minimum Gasteiger partial charge on any atom is -0.380 e. The van der Waals surface area contributed by atoms with Crippen LogP contribution in [0.1, 0.15) is 37.5 Å². The number of hydrogen-bond donors (Lipinski definition) is 0. The maximum atomic E-state index is 5.18. The number of methoxy groups -OCH3 is 1. The number of rotatable bonds is 2. The predicted molar refractivity (Wildman–Crippen MR) is 58.4 cm³/mol. The maximum Gasteiger partial charge on any atom is 0.0731 e. The average molecular weight is 193 g/mol. The summed E-state index contributed by atoms with van der Waals surface area (Å²) in [6.45, 7) is 9.39. The molecule has 0 atom stereocenters. The van der Waals surface area contributed by atoms with Gasteiger partial charge in [0.2, 0.25) is 0 Å². The SMILES string of the molecule is COCc1cncc(C)c1C(C)(C)C. The Kier molecular flexibility index (Phi) is 3.27. The summed E-state index contributed by atoms with van der Waals surface area (Å²) in [5, 5.41) is 0. The Morgan fingerprint density at radius 3 is 2.43 bits per heavy atom. The van der Waals surface area contributed by atoms with Crippen molar-refractivity contribution in [2.24, 2.45) is 0 Å². The first-order chi connectivity index (χ1) is 6.46. The van der Waals surface area contributed by atoms with Crippen molar-refractivity contribution in [3.05, 3.63) is 29.1 Å². The monoisotopic (exact) mass is 193 g/mol. The van der Waals surface area contributed by atoms with Crippen LogP contribution in [0.2, 0.25) is 0 Å². The molecule has 1 aromatic heterocycles. The molecule has 0 unspecified atom stereocenters. The van der Waals surface area contributed by atoms with Crippen molar-refractivity contribution in [2.75, 3.05) is 7.11 Å². The average Bonchev–Trinajstić information content (AvgIpc) is 2.02. The molecule has 0 saturated heterocycles. The zero-order chi connectivity index (χ0) is 10.8. The highest BCUT2D eigenvalue weighted by Gasteiger charge is 2.20. The van der Waals surface area contributed by atoms with Crippen LogP contribution in [0.5, 0.6) is 0 Å². The van der Waals surface area contributed by atoms with Gasteiger partial charge in [-0.25, -0.2) is 0 Å². The molecule has 0 radical (unpaired) electrons. The first-order valence-corrected chi connectivity index (χ1v) is 4.89. The summed E-state index contributed by atoms with van der Waals surface area (Å²) in [5.74, 6) is 0. The highest BCUT2D eigenvalue weighted by Crippen LogP contribution is 2.28. The molecule has 1 rings (SSSR count). The molecule has 1 heterocycles. The van der Waals surface area contributed by atoms with E-state index < -0.39 is 0 Å². The minimum atomic E-state index is 0.154. The van der Waals surface area contributed by atoms with Crippen LogP contribution < -0.4 is 0 Å². The van der Waals surface area contributed by atoms with Gasteiger partial charge in [0.05, 0.1) is 6.61 Å². The van der Waals surface area contributed by atoms with Crippen molar-refractivity contribution in [1.82, 2.24) is 4.98 Å². The number of aryl methyl sites for hydroxylation is 1. The van der Waals surface area contributed by atoms with Gasteiger partial charge in [0.1, 0.15) is 0 Å². The normalized spacial score (nSPS) is 11.8. The lowest BCUT2D eigenvalue weighted by Gasteiger charge is -2.24. The quantitative estimate of drug-likeness (QED) is 0.720. The first-order valence-electron chi connectivity index (χ1n) is 4.89. The van der Waals surface area contributed by atoms with Gasteiger partial charge in [-0.15, -0.1) is 0 Å². The summed E-state index contributed by atoms with van der Waals surface area (Å²) >= 11 is 0. The van der Waals surface area contributed by atoms with E-state index >= 15 is 0 Å². The molecule has 0 saturated carbocycles. The molecule has 0 bridgehead atoms. The molecule has 14 heavy (non-hydrogen) atoms. The fraction of sp³-hybridized carbons (Fsp3) is 0.583. The molecule has 1 aromatic rings. The van der Waals surface area contributed by atoms with E-state index in [-0.39, 0.29) is 5.41 Å². The molecule has 0 aliphatic carbocycles. The lowest BCUT2D eigenvalue weighted by molar-refractivity contribution is 0.182. The second-order valence-electron chi connectivity index (χ2n) is 4.67. The van der Waals surface area contributed by atoms with E-state index in [9.17, 15) is 0 Å². The van der Waals surface area contributed by atoms with E-state index in [1.807, 2.05) is 12.4 Å². The van der Waals surface area contributed by atoms with Crippen molar-refractivity contribution in [2.45, 2.75) is 39.7 Å². The van der Waals surface area contributed by atoms with Gasteiger partial charge in [0.15, 0.2) is 0 Å². The second-order valence-corrected chi connectivity index (χ2v) is 4.67. The molecule has 0 amide bonds. The molecule has 2 heteroatoms.